The molecule has 0 aliphatic carbocycles. The molecule has 3 N–H and O–H groups in total. The molecule has 0 unspecified atom stereocenters. The molecule has 0 aliphatic heterocycles. The van der Waals surface area contributed by atoms with Crippen LogP contribution < -0.4 is 10.5 Å². The Bertz CT molecular complexity index is 804. The number of anilines is 2. The van der Waals surface area contributed by atoms with Gasteiger partial charge in [-0.25, -0.2) is 8.42 Å². The number of sulfonamides is 1. The van der Waals surface area contributed by atoms with Gasteiger partial charge < -0.3 is 5.73 Å². The fourth-order valence-corrected chi connectivity index (χ4v) is 3.89. The molecule has 21 heavy (non-hydrogen) atoms. The van der Waals surface area contributed by atoms with Crippen LogP contribution in [0, 0.1) is 0 Å². The highest BCUT2D eigenvalue weighted by Crippen LogP contribution is 2.26. The quantitative estimate of drug-likeness (QED) is 0.640. The second kappa shape index (κ2) is 5.87. The van der Waals surface area contributed by atoms with Gasteiger partial charge in [0, 0.05) is 21.4 Å². The number of nitrogens with two attached hydrogens (primary N) is 1. The largest absolute Gasteiger partial charge is 0.399 e. The summed E-state index contributed by atoms with van der Waals surface area (Å²) in [6, 6.07) is 10.7. The van der Waals surface area contributed by atoms with E-state index >= 15 is 0 Å². The number of hydrogen-bond acceptors (Lipinski definition) is 4. The van der Waals surface area contributed by atoms with Crippen molar-refractivity contribution in [2.75, 3.05) is 10.5 Å². The Morgan fingerprint density at radius 2 is 1.90 bits per heavy atom. The summed E-state index contributed by atoms with van der Waals surface area (Å²) in [6.07, 6.45) is 0. The zero-order valence-electron chi connectivity index (χ0n) is 11.1. The normalized spacial score (nSPS) is 11.1. The number of carbonyl (C=O) groups is 1. The van der Waals surface area contributed by atoms with E-state index in [1.54, 1.807) is 18.2 Å². The monoisotopic (exact) mass is 368 g/mol. The second-order valence-electron chi connectivity index (χ2n) is 4.43. The zero-order valence-corrected chi connectivity index (χ0v) is 13.5. The smallest absolute Gasteiger partial charge is 0.263 e. The Morgan fingerprint density at radius 1 is 1.19 bits per heavy atom. The highest BCUT2D eigenvalue weighted by molar-refractivity contribution is 9.10. The molecule has 2 aromatic rings. The maximum Gasteiger partial charge on any atom is 0.263 e. The van der Waals surface area contributed by atoms with Crippen molar-refractivity contribution in [1.29, 1.82) is 0 Å². The molecule has 0 bridgehead atoms. The minimum absolute atomic E-state index is 0.0740. The third-order valence-electron chi connectivity index (χ3n) is 2.77. The van der Waals surface area contributed by atoms with Gasteiger partial charge in [-0.1, -0.05) is 12.1 Å². The molecule has 0 radical (unpaired) electrons. The molecule has 7 heteroatoms. The van der Waals surface area contributed by atoms with Crippen LogP contribution in [-0.4, -0.2) is 14.2 Å². The van der Waals surface area contributed by atoms with E-state index in [1.165, 1.54) is 31.2 Å². The predicted molar refractivity (Wildman–Crippen MR) is 85.8 cm³/mol. The van der Waals surface area contributed by atoms with Gasteiger partial charge in [-0.15, -0.1) is 0 Å². The van der Waals surface area contributed by atoms with E-state index in [0.717, 1.165) is 0 Å². The number of carbonyl (C=O) groups excluding carboxylic acids is 1. The lowest BCUT2D eigenvalue weighted by Gasteiger charge is -2.10. The fraction of sp³-hybridized carbons (Fsp3) is 0.0714. The summed E-state index contributed by atoms with van der Waals surface area (Å²) in [4.78, 5) is 11.4. The molecule has 0 fully saturated rings. The lowest BCUT2D eigenvalue weighted by Crippen LogP contribution is -2.14. The van der Waals surface area contributed by atoms with E-state index in [-0.39, 0.29) is 10.7 Å². The first-order chi connectivity index (χ1) is 9.79. The molecular formula is C14H13BrN2O3S. The Morgan fingerprint density at radius 3 is 2.52 bits per heavy atom. The number of halogens is 1. The van der Waals surface area contributed by atoms with E-state index in [9.17, 15) is 13.2 Å². The van der Waals surface area contributed by atoms with Crippen LogP contribution in [0.1, 0.15) is 17.3 Å². The third kappa shape index (κ3) is 3.62. The lowest BCUT2D eigenvalue weighted by atomic mass is 10.1. The van der Waals surface area contributed by atoms with Gasteiger partial charge in [0.1, 0.15) is 4.90 Å². The summed E-state index contributed by atoms with van der Waals surface area (Å²) in [5.74, 6) is -0.135. The Hall–Kier alpha value is -1.86. The lowest BCUT2D eigenvalue weighted by molar-refractivity contribution is 0.101. The van der Waals surface area contributed by atoms with Gasteiger partial charge in [0.05, 0.1) is 0 Å². The van der Waals surface area contributed by atoms with Crippen LogP contribution in [0.4, 0.5) is 11.4 Å². The first-order valence-electron chi connectivity index (χ1n) is 5.98. The van der Waals surface area contributed by atoms with Crippen LogP contribution in [0.2, 0.25) is 0 Å². The van der Waals surface area contributed by atoms with Crippen molar-refractivity contribution < 1.29 is 13.2 Å². The average Bonchev–Trinajstić information content (AvgIpc) is 2.37. The Kier molecular flexibility index (Phi) is 4.34. The van der Waals surface area contributed by atoms with Crippen LogP contribution in [0.25, 0.3) is 0 Å². The summed E-state index contributed by atoms with van der Waals surface area (Å²) < 4.78 is 27.5. The molecule has 5 nitrogen and oxygen atoms in total. The van der Waals surface area contributed by atoms with Gasteiger partial charge in [-0.2, -0.15) is 0 Å². The van der Waals surface area contributed by atoms with Gasteiger partial charge in [0.25, 0.3) is 10.0 Å². The predicted octanol–water partition coefficient (Wildman–Crippen LogP) is 3.03. The molecule has 0 aliphatic rings. The van der Waals surface area contributed by atoms with Gasteiger partial charge in [-0.3, -0.25) is 9.52 Å². The molecule has 0 aromatic heterocycles. The summed E-state index contributed by atoms with van der Waals surface area (Å²) in [7, 11) is -3.77. The number of Topliss-reactive ketones (excluding diaryl/α,β-unsaturated/α-hetero) is 1. The summed E-state index contributed by atoms with van der Waals surface area (Å²) in [5, 5.41) is 0. The number of ketones is 1. The van der Waals surface area contributed by atoms with Crippen molar-refractivity contribution >= 4 is 43.1 Å². The van der Waals surface area contributed by atoms with Gasteiger partial charge in [0.2, 0.25) is 0 Å². The van der Waals surface area contributed by atoms with E-state index in [4.69, 9.17) is 5.73 Å². The van der Waals surface area contributed by atoms with E-state index in [1.807, 2.05) is 0 Å². The summed E-state index contributed by atoms with van der Waals surface area (Å²) in [5.41, 5.74) is 6.81. The first-order valence-corrected chi connectivity index (χ1v) is 8.26. The van der Waals surface area contributed by atoms with E-state index in [2.05, 4.69) is 20.7 Å². The van der Waals surface area contributed by atoms with Crippen LogP contribution in [0.15, 0.2) is 51.8 Å². The molecule has 2 aromatic carbocycles. The molecule has 2 rings (SSSR count). The van der Waals surface area contributed by atoms with Crippen LogP contribution in [-0.2, 0) is 10.0 Å². The number of rotatable bonds is 4. The van der Waals surface area contributed by atoms with Crippen LogP contribution in [0.5, 0.6) is 0 Å². The highest BCUT2D eigenvalue weighted by atomic mass is 79.9. The topological polar surface area (TPSA) is 89.3 Å². The number of benzene rings is 2. The Labute approximate surface area is 131 Å². The fourth-order valence-electron chi connectivity index (χ4n) is 1.75. The zero-order chi connectivity index (χ0) is 15.6. The maximum atomic E-state index is 12.3. The number of hydrogen-bond donors (Lipinski definition) is 2. The molecule has 0 atom stereocenters. The standard InChI is InChI=1S/C14H13BrN2O3S/c1-9(18)10-3-2-4-12(7-10)17-21(19,20)14-6-5-11(16)8-13(14)15/h2-8,17H,16H2,1H3. The minimum atomic E-state index is -3.77. The molecule has 110 valence electrons. The van der Waals surface area contributed by atoms with Gasteiger partial charge in [0.15, 0.2) is 5.78 Å². The SMILES string of the molecule is CC(=O)c1cccc(NS(=O)(=O)c2ccc(N)cc2Br)c1. The van der Waals surface area contributed by atoms with Gasteiger partial charge >= 0.3 is 0 Å². The average molecular weight is 369 g/mol. The van der Waals surface area contributed by atoms with Gasteiger partial charge in [-0.05, 0) is 53.2 Å². The third-order valence-corrected chi connectivity index (χ3v) is 5.12. The van der Waals surface area contributed by atoms with Crippen molar-refractivity contribution in [1.82, 2.24) is 0 Å². The first kappa shape index (κ1) is 15.5. The maximum absolute atomic E-state index is 12.3. The highest BCUT2D eigenvalue weighted by Gasteiger charge is 2.18. The van der Waals surface area contributed by atoms with Crippen molar-refractivity contribution in [3.63, 3.8) is 0 Å². The van der Waals surface area contributed by atoms with E-state index < -0.39 is 10.0 Å². The van der Waals surface area contributed by atoms with Crippen molar-refractivity contribution in [2.45, 2.75) is 11.8 Å². The minimum Gasteiger partial charge on any atom is -0.399 e. The van der Waals surface area contributed by atoms with Crippen LogP contribution in [0.3, 0.4) is 0 Å². The molecule has 0 saturated heterocycles. The Balaban J connectivity index is 2.37. The molecule has 0 amide bonds. The van der Waals surface area contributed by atoms with Crippen LogP contribution >= 0.6 is 15.9 Å². The van der Waals surface area contributed by atoms with Crippen molar-refractivity contribution in [3.8, 4) is 0 Å². The molecule has 0 saturated carbocycles. The number of nitrogens with one attached hydrogen (secondary N) is 1. The molecule has 0 heterocycles. The van der Waals surface area contributed by atoms with Crippen molar-refractivity contribution in [2.24, 2.45) is 0 Å². The molecular weight excluding hydrogens is 356 g/mol. The summed E-state index contributed by atoms with van der Waals surface area (Å²) >= 11 is 3.18. The van der Waals surface area contributed by atoms with E-state index in [0.29, 0.717) is 21.4 Å². The molecule has 0 spiro atoms. The summed E-state index contributed by atoms with van der Waals surface area (Å²) in [6.45, 7) is 1.42. The number of nitrogen functional groups attached to an aromatic ring is 1. The second-order valence-corrected chi connectivity index (χ2v) is 6.94. The van der Waals surface area contributed by atoms with Crippen molar-refractivity contribution in [3.05, 3.63) is 52.5 Å².